The lowest BCUT2D eigenvalue weighted by Crippen LogP contribution is -2.48. The highest BCUT2D eigenvalue weighted by Gasteiger charge is 2.27. The number of nitrogens with zero attached hydrogens (tertiary/aromatic N) is 2. The normalized spacial score (nSPS) is 16.0. The van der Waals surface area contributed by atoms with Gasteiger partial charge in [0.15, 0.2) is 0 Å². The Balaban J connectivity index is 1.60. The Morgan fingerprint density at radius 1 is 1.00 bits per heavy atom. The monoisotopic (exact) mass is 436 g/mol. The third-order valence-corrected chi connectivity index (χ3v) is 7.17. The van der Waals surface area contributed by atoms with Gasteiger partial charge in [-0.15, -0.1) is 0 Å². The molecule has 1 heterocycles. The third kappa shape index (κ3) is 6.27. The van der Waals surface area contributed by atoms with E-state index in [2.05, 4.69) is 4.90 Å². The van der Waals surface area contributed by atoms with Gasteiger partial charge in [0.05, 0.1) is 5.75 Å². The second-order valence-corrected chi connectivity index (χ2v) is 9.63. The first-order chi connectivity index (χ1) is 13.8. The van der Waals surface area contributed by atoms with Crippen LogP contribution in [0.2, 0.25) is 5.02 Å². The average Bonchev–Trinajstić information content (AvgIpc) is 2.68. The molecule has 0 aromatic heterocycles. The van der Waals surface area contributed by atoms with Crippen LogP contribution >= 0.6 is 11.6 Å². The maximum absolute atomic E-state index is 12.7. The van der Waals surface area contributed by atoms with E-state index in [1.807, 2.05) is 42.5 Å². The molecule has 0 atom stereocenters. The van der Waals surface area contributed by atoms with Crippen molar-refractivity contribution in [2.24, 2.45) is 0 Å². The Labute approximate surface area is 176 Å². The van der Waals surface area contributed by atoms with Crippen LogP contribution in [-0.2, 0) is 33.5 Å². The number of piperazine rings is 1. The van der Waals surface area contributed by atoms with Gasteiger partial charge < -0.3 is 5.11 Å². The molecular weight excluding hydrogens is 412 g/mol. The summed E-state index contributed by atoms with van der Waals surface area (Å²) in [5, 5.41) is 9.57. The Kier molecular flexibility index (Phi) is 7.29. The Morgan fingerprint density at radius 3 is 2.34 bits per heavy atom. The number of halogens is 1. The van der Waals surface area contributed by atoms with Gasteiger partial charge in [-0.2, -0.15) is 4.31 Å². The van der Waals surface area contributed by atoms with E-state index in [-0.39, 0.29) is 12.2 Å². The molecule has 0 bridgehead atoms. The van der Waals surface area contributed by atoms with Crippen molar-refractivity contribution in [3.05, 3.63) is 70.2 Å². The summed E-state index contributed by atoms with van der Waals surface area (Å²) in [7, 11) is -3.35. The van der Waals surface area contributed by atoms with Crippen LogP contribution in [0.1, 0.15) is 23.1 Å². The molecule has 1 aliphatic rings. The number of sulfonamides is 1. The molecule has 0 aliphatic carbocycles. The number of benzene rings is 2. The van der Waals surface area contributed by atoms with Gasteiger partial charge in [0, 0.05) is 44.2 Å². The quantitative estimate of drug-likeness (QED) is 0.688. The van der Waals surface area contributed by atoms with E-state index in [9.17, 15) is 13.2 Å². The summed E-state index contributed by atoms with van der Waals surface area (Å²) < 4.78 is 27.0. The summed E-state index contributed by atoms with van der Waals surface area (Å²) in [4.78, 5) is 13.1. The molecule has 6 nitrogen and oxygen atoms in total. The van der Waals surface area contributed by atoms with Crippen molar-refractivity contribution in [3.8, 4) is 0 Å². The minimum absolute atomic E-state index is 0.0153. The average molecular weight is 437 g/mol. The van der Waals surface area contributed by atoms with Crippen LogP contribution in [0.4, 0.5) is 0 Å². The summed E-state index contributed by atoms with van der Waals surface area (Å²) in [6.07, 6.45) is 0.521. The molecule has 8 heteroatoms. The van der Waals surface area contributed by atoms with Gasteiger partial charge in [0.1, 0.15) is 0 Å². The van der Waals surface area contributed by atoms with Crippen LogP contribution in [-0.4, -0.2) is 54.9 Å². The second-order valence-electron chi connectivity index (χ2n) is 7.22. The van der Waals surface area contributed by atoms with Crippen molar-refractivity contribution in [1.82, 2.24) is 9.21 Å². The summed E-state index contributed by atoms with van der Waals surface area (Å²) >= 11 is 6.13. The van der Waals surface area contributed by atoms with E-state index in [1.54, 1.807) is 10.4 Å². The van der Waals surface area contributed by atoms with Crippen LogP contribution < -0.4 is 0 Å². The zero-order chi connectivity index (χ0) is 20.9. The highest BCUT2D eigenvalue weighted by molar-refractivity contribution is 7.88. The molecule has 156 valence electrons. The lowest BCUT2D eigenvalue weighted by atomic mass is 10.0. The molecule has 0 amide bonds. The van der Waals surface area contributed by atoms with Gasteiger partial charge in [-0.05, 0) is 35.2 Å². The Hall–Kier alpha value is -1.93. The summed E-state index contributed by atoms with van der Waals surface area (Å²) in [5.74, 6) is -0.815. The molecule has 0 saturated carbocycles. The first-order valence-electron chi connectivity index (χ1n) is 9.57. The topological polar surface area (TPSA) is 77.9 Å². The fourth-order valence-electron chi connectivity index (χ4n) is 3.51. The van der Waals surface area contributed by atoms with Crippen molar-refractivity contribution in [3.63, 3.8) is 0 Å². The number of hydrogen-bond acceptors (Lipinski definition) is 4. The molecule has 1 fully saturated rings. The predicted octanol–water partition coefficient (Wildman–Crippen LogP) is 3.00. The van der Waals surface area contributed by atoms with E-state index in [4.69, 9.17) is 16.7 Å². The summed E-state index contributed by atoms with van der Waals surface area (Å²) in [5.41, 5.74) is 2.76. The second kappa shape index (κ2) is 9.71. The summed E-state index contributed by atoms with van der Waals surface area (Å²) in [6, 6.07) is 14.7. The maximum atomic E-state index is 12.7. The SMILES string of the molecule is O=C(O)CCc1ccc(Cl)cc1CN1CCN(S(=O)(=O)Cc2ccccc2)CC1. The van der Waals surface area contributed by atoms with Gasteiger partial charge in [-0.1, -0.05) is 48.0 Å². The molecular formula is C21H25ClN2O4S. The molecule has 0 unspecified atom stereocenters. The van der Waals surface area contributed by atoms with Crippen LogP contribution in [0.3, 0.4) is 0 Å². The third-order valence-electron chi connectivity index (χ3n) is 5.09. The minimum atomic E-state index is -3.35. The number of carboxylic acid groups (broad SMARTS) is 1. The van der Waals surface area contributed by atoms with Gasteiger partial charge in [0.2, 0.25) is 10.0 Å². The first-order valence-corrected chi connectivity index (χ1v) is 11.6. The van der Waals surface area contributed by atoms with Gasteiger partial charge in [0.25, 0.3) is 0 Å². The van der Waals surface area contributed by atoms with Crippen molar-refractivity contribution >= 4 is 27.6 Å². The molecule has 2 aromatic rings. The van der Waals surface area contributed by atoms with Crippen LogP contribution in [0.5, 0.6) is 0 Å². The minimum Gasteiger partial charge on any atom is -0.481 e. The highest BCUT2D eigenvalue weighted by atomic mass is 35.5. The molecule has 1 aliphatic heterocycles. The summed E-state index contributed by atoms with van der Waals surface area (Å²) in [6.45, 7) is 2.76. The zero-order valence-corrected chi connectivity index (χ0v) is 17.7. The van der Waals surface area contributed by atoms with Crippen molar-refractivity contribution in [2.75, 3.05) is 26.2 Å². The largest absolute Gasteiger partial charge is 0.481 e. The Morgan fingerprint density at radius 2 is 1.69 bits per heavy atom. The van der Waals surface area contributed by atoms with Crippen molar-refractivity contribution in [2.45, 2.75) is 25.1 Å². The van der Waals surface area contributed by atoms with E-state index in [0.29, 0.717) is 44.2 Å². The molecule has 2 aromatic carbocycles. The maximum Gasteiger partial charge on any atom is 0.303 e. The number of aliphatic carboxylic acids is 1. The number of carbonyl (C=O) groups is 1. The molecule has 1 saturated heterocycles. The van der Waals surface area contributed by atoms with E-state index >= 15 is 0 Å². The smallest absolute Gasteiger partial charge is 0.303 e. The fraction of sp³-hybridized carbons (Fsp3) is 0.381. The molecule has 29 heavy (non-hydrogen) atoms. The number of hydrogen-bond donors (Lipinski definition) is 1. The fourth-order valence-corrected chi connectivity index (χ4v) is 5.22. The lowest BCUT2D eigenvalue weighted by molar-refractivity contribution is -0.136. The van der Waals surface area contributed by atoms with E-state index in [0.717, 1.165) is 16.7 Å². The van der Waals surface area contributed by atoms with E-state index in [1.165, 1.54) is 0 Å². The number of aryl methyl sites for hydroxylation is 1. The standard InChI is InChI=1S/C21H25ClN2O4S/c22-20-8-6-18(7-9-21(25)26)19(14-20)15-23-10-12-24(13-11-23)29(27,28)16-17-4-2-1-3-5-17/h1-6,8,14H,7,9-13,15-16H2,(H,25,26). The van der Waals surface area contributed by atoms with Crippen molar-refractivity contribution in [1.29, 1.82) is 0 Å². The van der Waals surface area contributed by atoms with Crippen LogP contribution in [0.15, 0.2) is 48.5 Å². The van der Waals surface area contributed by atoms with Crippen molar-refractivity contribution < 1.29 is 18.3 Å². The Bertz CT molecular complexity index is 942. The molecule has 0 spiro atoms. The van der Waals surface area contributed by atoms with Crippen LogP contribution in [0.25, 0.3) is 0 Å². The van der Waals surface area contributed by atoms with E-state index < -0.39 is 16.0 Å². The molecule has 1 N–H and O–H groups in total. The predicted molar refractivity (Wildman–Crippen MR) is 113 cm³/mol. The molecule has 3 rings (SSSR count). The first kappa shape index (κ1) is 21.8. The molecule has 0 radical (unpaired) electrons. The number of rotatable bonds is 8. The lowest BCUT2D eigenvalue weighted by Gasteiger charge is -2.34. The zero-order valence-electron chi connectivity index (χ0n) is 16.1. The van der Waals surface area contributed by atoms with Gasteiger partial charge >= 0.3 is 5.97 Å². The number of carboxylic acids is 1. The van der Waals surface area contributed by atoms with Crippen LogP contribution in [0, 0.1) is 0 Å². The highest BCUT2D eigenvalue weighted by Crippen LogP contribution is 2.21. The van der Waals surface area contributed by atoms with Gasteiger partial charge in [-0.3, -0.25) is 9.69 Å². The van der Waals surface area contributed by atoms with Gasteiger partial charge in [-0.25, -0.2) is 8.42 Å².